The van der Waals surface area contributed by atoms with Gasteiger partial charge in [-0.2, -0.15) is 0 Å². The molecule has 0 amide bonds. The third kappa shape index (κ3) is 8.15. The molecular weight excluding hydrogens is 447 g/mol. The molecule has 7 heteroatoms. The van der Waals surface area contributed by atoms with E-state index < -0.39 is 0 Å². The Morgan fingerprint density at radius 3 is 2.52 bits per heavy atom. The summed E-state index contributed by atoms with van der Waals surface area (Å²) in [5, 5.41) is 9.87. The van der Waals surface area contributed by atoms with Gasteiger partial charge in [0.05, 0.1) is 17.3 Å². The summed E-state index contributed by atoms with van der Waals surface area (Å²) in [5.41, 5.74) is 3.54. The lowest BCUT2D eigenvalue weighted by atomic mass is 10.1. The van der Waals surface area contributed by atoms with Crippen molar-refractivity contribution in [2.75, 3.05) is 20.2 Å². The van der Waals surface area contributed by atoms with Crippen molar-refractivity contribution in [3.05, 3.63) is 51.5 Å². The molecule has 0 unspecified atom stereocenters. The number of nitrogens with zero attached hydrogens (tertiary/aromatic N) is 2. The quantitative estimate of drug-likeness (QED) is 0.349. The lowest BCUT2D eigenvalue weighted by Crippen LogP contribution is -2.37. The van der Waals surface area contributed by atoms with Crippen LogP contribution in [0.3, 0.4) is 0 Å². The number of ether oxygens (including phenoxy) is 1. The first-order valence-corrected chi connectivity index (χ1v) is 9.10. The number of rotatable bonds is 8. The van der Waals surface area contributed by atoms with E-state index >= 15 is 0 Å². The highest BCUT2D eigenvalue weighted by atomic mass is 127. The van der Waals surface area contributed by atoms with Crippen LogP contribution in [-0.2, 0) is 24.3 Å². The second-order valence-corrected chi connectivity index (χ2v) is 6.48. The van der Waals surface area contributed by atoms with Crippen LogP contribution in [-0.4, -0.2) is 31.1 Å². The molecule has 0 bridgehead atoms. The average molecular weight is 474 g/mol. The first-order chi connectivity index (χ1) is 11.7. The number of hydrogen-bond donors (Lipinski definition) is 2. The van der Waals surface area contributed by atoms with Crippen LogP contribution in [0.2, 0.25) is 0 Å². The molecule has 0 spiro atoms. The van der Waals surface area contributed by atoms with Crippen molar-refractivity contribution in [3.63, 3.8) is 0 Å². The predicted molar refractivity (Wildman–Crippen MR) is 116 cm³/mol. The number of guanidine groups is 1. The fourth-order valence-electron chi connectivity index (χ4n) is 2.21. The van der Waals surface area contributed by atoms with Crippen molar-refractivity contribution >= 4 is 41.3 Å². The molecule has 25 heavy (non-hydrogen) atoms. The number of aliphatic imine (C=N–C) groups is 1. The fraction of sp³-hybridized carbons (Fsp3) is 0.444. The lowest BCUT2D eigenvalue weighted by Gasteiger charge is -2.12. The van der Waals surface area contributed by atoms with E-state index in [4.69, 9.17) is 4.74 Å². The molecule has 0 saturated heterocycles. The molecule has 0 saturated carbocycles. The largest absolute Gasteiger partial charge is 0.377 e. The molecule has 1 aromatic carbocycles. The molecule has 5 nitrogen and oxygen atoms in total. The Bertz CT molecular complexity index is 643. The summed E-state index contributed by atoms with van der Waals surface area (Å²) in [6, 6.07) is 8.44. The van der Waals surface area contributed by atoms with E-state index in [1.54, 1.807) is 18.4 Å². The Kier molecular flexibility index (Phi) is 10.7. The van der Waals surface area contributed by atoms with Crippen molar-refractivity contribution in [2.24, 2.45) is 4.99 Å². The van der Waals surface area contributed by atoms with Gasteiger partial charge in [-0.05, 0) is 25.0 Å². The smallest absolute Gasteiger partial charge is 0.191 e. The van der Waals surface area contributed by atoms with Crippen LogP contribution in [0.4, 0.5) is 0 Å². The van der Waals surface area contributed by atoms with Gasteiger partial charge in [-0.1, -0.05) is 24.3 Å². The summed E-state index contributed by atoms with van der Waals surface area (Å²) in [6.45, 7) is 7.00. The zero-order valence-electron chi connectivity index (χ0n) is 15.0. The van der Waals surface area contributed by atoms with Crippen molar-refractivity contribution < 1.29 is 4.74 Å². The Morgan fingerprint density at radius 1 is 1.20 bits per heavy atom. The summed E-state index contributed by atoms with van der Waals surface area (Å²) in [5.74, 6) is 0.806. The second-order valence-electron chi connectivity index (χ2n) is 5.41. The molecule has 2 rings (SSSR count). The van der Waals surface area contributed by atoms with Crippen LogP contribution in [0, 0.1) is 6.92 Å². The highest BCUT2D eigenvalue weighted by Gasteiger charge is 2.01. The van der Waals surface area contributed by atoms with E-state index in [0.29, 0.717) is 6.61 Å². The maximum absolute atomic E-state index is 5.41. The third-order valence-electron chi connectivity index (χ3n) is 3.52. The van der Waals surface area contributed by atoms with Crippen LogP contribution >= 0.6 is 35.3 Å². The second kappa shape index (κ2) is 12.2. The van der Waals surface area contributed by atoms with Crippen molar-refractivity contribution in [1.29, 1.82) is 0 Å². The number of aromatic nitrogens is 1. The maximum atomic E-state index is 5.41. The number of nitrogens with one attached hydrogen (secondary N) is 2. The third-order valence-corrected chi connectivity index (χ3v) is 4.34. The number of halogens is 1. The average Bonchev–Trinajstić information content (AvgIpc) is 3.02. The van der Waals surface area contributed by atoms with Gasteiger partial charge in [-0.15, -0.1) is 35.3 Å². The lowest BCUT2D eigenvalue weighted by molar-refractivity contribution is 0.134. The number of aryl methyl sites for hydroxylation is 1. The van der Waals surface area contributed by atoms with Gasteiger partial charge in [0.1, 0.15) is 0 Å². The van der Waals surface area contributed by atoms with Gasteiger partial charge >= 0.3 is 0 Å². The summed E-state index contributed by atoms with van der Waals surface area (Å²) in [6.07, 6.45) is 0.900. The molecule has 1 heterocycles. The Labute approximate surface area is 171 Å². The van der Waals surface area contributed by atoms with Crippen LogP contribution in [0.15, 0.2) is 34.6 Å². The minimum Gasteiger partial charge on any atom is -0.377 e. The number of hydrogen-bond acceptors (Lipinski definition) is 4. The standard InChI is InChI=1S/C18H26N4OS.HI/c1-4-23-12-16-7-5-15(6-8-16)11-21-18(19-3)20-10-9-17-13-24-14(2)22-17;/h5-8,13H,4,9-12H2,1-3H3,(H2,19,20,21);1H. The Hall–Kier alpha value is -1.19. The van der Waals surface area contributed by atoms with Crippen molar-refractivity contribution in [1.82, 2.24) is 15.6 Å². The van der Waals surface area contributed by atoms with Crippen LogP contribution in [0.1, 0.15) is 28.8 Å². The zero-order valence-corrected chi connectivity index (χ0v) is 18.2. The number of thiazole rings is 1. The summed E-state index contributed by atoms with van der Waals surface area (Å²) in [4.78, 5) is 8.72. The summed E-state index contributed by atoms with van der Waals surface area (Å²) < 4.78 is 5.41. The molecule has 0 fully saturated rings. The van der Waals surface area contributed by atoms with Gasteiger partial charge in [0, 0.05) is 38.5 Å². The van der Waals surface area contributed by atoms with Gasteiger partial charge in [0.25, 0.3) is 0 Å². The van der Waals surface area contributed by atoms with Crippen LogP contribution < -0.4 is 10.6 Å². The molecule has 1 aromatic heterocycles. The van der Waals surface area contributed by atoms with E-state index in [-0.39, 0.29) is 24.0 Å². The topological polar surface area (TPSA) is 58.5 Å². The van der Waals surface area contributed by atoms with Crippen molar-refractivity contribution in [2.45, 2.75) is 33.4 Å². The van der Waals surface area contributed by atoms with Gasteiger partial charge in [-0.25, -0.2) is 4.98 Å². The molecule has 2 aromatic rings. The molecule has 2 N–H and O–H groups in total. The minimum absolute atomic E-state index is 0. The minimum atomic E-state index is 0. The molecular formula is C18H27IN4OS. The maximum Gasteiger partial charge on any atom is 0.191 e. The molecule has 0 aliphatic carbocycles. The van der Waals surface area contributed by atoms with Crippen molar-refractivity contribution in [3.8, 4) is 0 Å². The van der Waals surface area contributed by atoms with Gasteiger partial charge < -0.3 is 15.4 Å². The highest BCUT2D eigenvalue weighted by molar-refractivity contribution is 14.0. The molecule has 0 radical (unpaired) electrons. The van der Waals surface area contributed by atoms with E-state index in [9.17, 15) is 0 Å². The van der Waals surface area contributed by atoms with Gasteiger partial charge in [0.15, 0.2) is 5.96 Å². The summed E-state index contributed by atoms with van der Waals surface area (Å²) >= 11 is 1.69. The van der Waals surface area contributed by atoms with Gasteiger partial charge in [-0.3, -0.25) is 4.99 Å². The Morgan fingerprint density at radius 2 is 1.92 bits per heavy atom. The molecule has 0 aliphatic heterocycles. The highest BCUT2D eigenvalue weighted by Crippen LogP contribution is 2.08. The van der Waals surface area contributed by atoms with Crippen LogP contribution in [0.5, 0.6) is 0 Å². The Balaban J connectivity index is 0.00000312. The zero-order chi connectivity index (χ0) is 17.2. The summed E-state index contributed by atoms with van der Waals surface area (Å²) in [7, 11) is 1.79. The first kappa shape index (κ1) is 21.9. The van der Waals surface area contributed by atoms with Gasteiger partial charge in [0.2, 0.25) is 0 Å². The van der Waals surface area contributed by atoms with E-state index in [1.807, 2.05) is 13.8 Å². The molecule has 0 aliphatic rings. The fourth-order valence-corrected chi connectivity index (χ4v) is 2.86. The molecule has 0 atom stereocenters. The SMILES string of the molecule is CCOCc1ccc(CNC(=NC)NCCc2csc(C)n2)cc1.I. The van der Waals surface area contributed by atoms with Crippen LogP contribution in [0.25, 0.3) is 0 Å². The number of benzene rings is 1. The molecule has 138 valence electrons. The van der Waals surface area contributed by atoms with E-state index in [2.05, 4.69) is 50.3 Å². The van der Waals surface area contributed by atoms with E-state index in [1.165, 1.54) is 11.1 Å². The monoisotopic (exact) mass is 474 g/mol. The normalized spacial score (nSPS) is 11.1. The van der Waals surface area contributed by atoms with E-state index in [0.717, 1.165) is 42.8 Å². The predicted octanol–water partition coefficient (Wildman–Crippen LogP) is 3.51. The first-order valence-electron chi connectivity index (χ1n) is 8.22.